The van der Waals surface area contributed by atoms with E-state index in [0.29, 0.717) is 54.4 Å². The van der Waals surface area contributed by atoms with Crippen LogP contribution in [0.15, 0.2) is 54.7 Å². The minimum Gasteiger partial charge on any atom is -0.497 e. The Morgan fingerprint density at radius 2 is 1.74 bits per heavy atom. The molecule has 0 atom stereocenters. The molecule has 0 bridgehead atoms. The van der Waals surface area contributed by atoms with Crippen LogP contribution in [0, 0.1) is 0 Å². The van der Waals surface area contributed by atoms with E-state index in [2.05, 4.69) is 0 Å². The van der Waals surface area contributed by atoms with Crippen molar-refractivity contribution in [3.8, 4) is 28.4 Å². The lowest BCUT2D eigenvalue weighted by Crippen LogP contribution is -2.37. The fourth-order valence-electron chi connectivity index (χ4n) is 4.04. The average Bonchev–Trinajstić information content (AvgIpc) is 3.12. The lowest BCUT2D eigenvalue weighted by molar-refractivity contribution is 0.0765. The largest absolute Gasteiger partial charge is 0.497 e. The molecule has 0 saturated carbocycles. The zero-order valence-electron chi connectivity index (χ0n) is 19.5. The summed E-state index contributed by atoms with van der Waals surface area (Å²) in [5.41, 5.74) is 2.31. The minimum absolute atomic E-state index is 0.211. The van der Waals surface area contributed by atoms with E-state index in [0.717, 1.165) is 5.69 Å². The maximum atomic E-state index is 13.7. The van der Waals surface area contributed by atoms with Crippen LogP contribution in [0.4, 0.5) is 0 Å². The van der Waals surface area contributed by atoms with Gasteiger partial charge in [0.2, 0.25) is 10.0 Å². The molecule has 1 saturated heterocycles. The number of ether oxygens (including phenoxy) is 2. The van der Waals surface area contributed by atoms with Crippen molar-refractivity contribution in [2.24, 2.45) is 0 Å². The fourth-order valence-corrected chi connectivity index (χ4v) is 4.91. The van der Waals surface area contributed by atoms with Gasteiger partial charge in [0, 0.05) is 37.9 Å². The maximum absolute atomic E-state index is 13.7. The number of benzene rings is 2. The van der Waals surface area contributed by atoms with Gasteiger partial charge in [0.15, 0.2) is 0 Å². The van der Waals surface area contributed by atoms with Gasteiger partial charge in [0.25, 0.3) is 5.91 Å². The van der Waals surface area contributed by atoms with Gasteiger partial charge in [-0.25, -0.2) is 17.4 Å². The molecule has 2 heterocycles. The van der Waals surface area contributed by atoms with E-state index in [4.69, 9.17) is 14.6 Å². The van der Waals surface area contributed by atoms with Crippen molar-refractivity contribution in [1.82, 2.24) is 19.0 Å². The third-order valence-electron chi connectivity index (χ3n) is 5.84. The van der Waals surface area contributed by atoms with Crippen LogP contribution in [0.3, 0.4) is 0 Å². The molecule has 1 fully saturated rings. The highest BCUT2D eigenvalue weighted by molar-refractivity contribution is 7.88. The molecular weight excluding hydrogens is 456 g/mol. The summed E-state index contributed by atoms with van der Waals surface area (Å²) in [6, 6.07) is 14.9. The molecule has 9 nitrogen and oxygen atoms in total. The number of hydrogen-bond donors (Lipinski definition) is 0. The van der Waals surface area contributed by atoms with Gasteiger partial charge >= 0.3 is 0 Å². The number of rotatable bonds is 6. The molecule has 0 unspecified atom stereocenters. The molecule has 3 aromatic rings. The van der Waals surface area contributed by atoms with E-state index in [1.54, 1.807) is 48.2 Å². The number of carbonyl (C=O) groups excluding carboxylic acids is 1. The molecule has 1 amide bonds. The zero-order chi connectivity index (χ0) is 24.3. The molecule has 0 spiro atoms. The number of methoxy groups -OCH3 is 2. The highest BCUT2D eigenvalue weighted by Gasteiger charge is 2.28. The predicted octanol–water partition coefficient (Wildman–Crippen LogP) is 2.66. The molecule has 180 valence electrons. The number of hydrogen-bond acceptors (Lipinski definition) is 6. The van der Waals surface area contributed by atoms with E-state index in [-0.39, 0.29) is 12.5 Å². The Balaban J connectivity index is 1.77. The van der Waals surface area contributed by atoms with Crippen molar-refractivity contribution in [3.05, 3.63) is 60.3 Å². The highest BCUT2D eigenvalue weighted by Crippen LogP contribution is 2.35. The quantitative estimate of drug-likeness (QED) is 0.534. The standard InChI is InChI=1S/C24H28N4O5S/c1-32-19-10-11-22(33-2)20(16-19)23-21(17-28(25-23)18-8-5-4-6-9-18)24(29)26-12-7-13-27(15-14-26)34(3,30)31/h4-6,8-11,16-17H,7,12-15H2,1-3H3. The number of sulfonamides is 1. The van der Waals surface area contributed by atoms with Crippen molar-refractivity contribution in [1.29, 1.82) is 0 Å². The topological polar surface area (TPSA) is 94.0 Å². The molecule has 34 heavy (non-hydrogen) atoms. The molecule has 10 heteroatoms. The Bertz CT molecular complexity index is 1270. The Labute approximate surface area is 199 Å². The van der Waals surface area contributed by atoms with Crippen LogP contribution in [0.5, 0.6) is 11.5 Å². The second-order valence-corrected chi connectivity index (χ2v) is 10.0. The number of carbonyl (C=O) groups is 1. The summed E-state index contributed by atoms with van der Waals surface area (Å²) in [7, 11) is -0.175. The SMILES string of the molecule is COc1ccc(OC)c(-c2nn(-c3ccccc3)cc2C(=O)N2CCCN(S(C)(=O)=O)CC2)c1. The Hall–Kier alpha value is -3.37. The Kier molecular flexibility index (Phi) is 6.90. The van der Waals surface area contributed by atoms with E-state index in [1.165, 1.54) is 10.6 Å². The number of para-hydroxylation sites is 1. The van der Waals surface area contributed by atoms with Crippen LogP contribution in [0.25, 0.3) is 16.9 Å². The number of nitrogens with zero attached hydrogens (tertiary/aromatic N) is 4. The fraction of sp³-hybridized carbons (Fsp3) is 0.333. The molecule has 4 rings (SSSR count). The van der Waals surface area contributed by atoms with Gasteiger partial charge in [-0.05, 0) is 36.8 Å². The first-order valence-corrected chi connectivity index (χ1v) is 12.8. The Morgan fingerprint density at radius 3 is 2.41 bits per heavy atom. The third kappa shape index (κ3) is 4.92. The van der Waals surface area contributed by atoms with Crippen molar-refractivity contribution < 1.29 is 22.7 Å². The second-order valence-electron chi connectivity index (χ2n) is 8.05. The summed E-state index contributed by atoms with van der Waals surface area (Å²) in [5, 5.41) is 4.76. The van der Waals surface area contributed by atoms with Gasteiger partial charge in [0.05, 0.1) is 31.7 Å². The molecule has 0 radical (unpaired) electrons. The van der Waals surface area contributed by atoms with Gasteiger partial charge in [-0.2, -0.15) is 5.10 Å². The first-order chi connectivity index (χ1) is 16.3. The van der Waals surface area contributed by atoms with Crippen molar-refractivity contribution >= 4 is 15.9 Å². The minimum atomic E-state index is -3.31. The lowest BCUT2D eigenvalue weighted by Gasteiger charge is -2.21. The van der Waals surface area contributed by atoms with Crippen LogP contribution < -0.4 is 9.47 Å². The van der Waals surface area contributed by atoms with Gasteiger partial charge in [0.1, 0.15) is 17.2 Å². The van der Waals surface area contributed by atoms with Gasteiger partial charge in [-0.1, -0.05) is 18.2 Å². The number of aromatic nitrogens is 2. The average molecular weight is 485 g/mol. The summed E-state index contributed by atoms with van der Waals surface area (Å²) in [4.78, 5) is 15.4. The van der Waals surface area contributed by atoms with Crippen LogP contribution in [-0.2, 0) is 10.0 Å². The molecule has 1 aromatic heterocycles. The lowest BCUT2D eigenvalue weighted by atomic mass is 10.1. The highest BCUT2D eigenvalue weighted by atomic mass is 32.2. The monoisotopic (exact) mass is 484 g/mol. The third-order valence-corrected chi connectivity index (χ3v) is 7.14. The van der Waals surface area contributed by atoms with Crippen molar-refractivity contribution in [2.45, 2.75) is 6.42 Å². The van der Waals surface area contributed by atoms with Crippen LogP contribution >= 0.6 is 0 Å². The van der Waals surface area contributed by atoms with Gasteiger partial charge < -0.3 is 14.4 Å². The van der Waals surface area contributed by atoms with Gasteiger partial charge in [-0.15, -0.1) is 0 Å². The second kappa shape index (κ2) is 9.86. The van der Waals surface area contributed by atoms with Gasteiger partial charge in [-0.3, -0.25) is 4.79 Å². The van der Waals surface area contributed by atoms with Crippen LogP contribution in [-0.4, -0.2) is 80.0 Å². The normalized spacial score (nSPS) is 15.1. The zero-order valence-corrected chi connectivity index (χ0v) is 20.3. The molecule has 0 N–H and O–H groups in total. The summed E-state index contributed by atoms with van der Waals surface area (Å²) < 4.78 is 38.0. The van der Waals surface area contributed by atoms with Crippen molar-refractivity contribution in [2.75, 3.05) is 46.7 Å². The molecule has 0 aliphatic carbocycles. The van der Waals surface area contributed by atoms with E-state index in [1.807, 2.05) is 30.3 Å². The first kappa shape index (κ1) is 23.8. The number of amides is 1. The summed E-state index contributed by atoms with van der Waals surface area (Å²) in [6.45, 7) is 1.41. The maximum Gasteiger partial charge on any atom is 0.257 e. The molecule has 2 aromatic carbocycles. The van der Waals surface area contributed by atoms with Crippen molar-refractivity contribution in [3.63, 3.8) is 0 Å². The first-order valence-electron chi connectivity index (χ1n) is 10.9. The molecule has 1 aliphatic rings. The smallest absolute Gasteiger partial charge is 0.257 e. The molecule has 1 aliphatic heterocycles. The van der Waals surface area contributed by atoms with Crippen LogP contribution in [0.2, 0.25) is 0 Å². The Morgan fingerprint density at radius 1 is 0.971 bits per heavy atom. The van der Waals surface area contributed by atoms with E-state index >= 15 is 0 Å². The summed E-state index contributed by atoms with van der Waals surface area (Å²) in [5.74, 6) is 0.965. The molecular formula is C24H28N4O5S. The van der Waals surface area contributed by atoms with E-state index < -0.39 is 10.0 Å². The summed E-state index contributed by atoms with van der Waals surface area (Å²) >= 11 is 0. The van der Waals surface area contributed by atoms with E-state index in [9.17, 15) is 13.2 Å². The van der Waals surface area contributed by atoms with Crippen LogP contribution in [0.1, 0.15) is 16.8 Å². The summed E-state index contributed by atoms with van der Waals surface area (Å²) in [6.07, 6.45) is 3.47. The predicted molar refractivity (Wildman–Crippen MR) is 129 cm³/mol.